The van der Waals surface area contributed by atoms with E-state index in [2.05, 4.69) is 25.6 Å². The maximum atomic E-state index is 10.9. The molecule has 2 heterocycles. The zero-order valence-electron chi connectivity index (χ0n) is 16.2. The van der Waals surface area contributed by atoms with Crippen LogP contribution in [0.25, 0.3) is 16.7 Å². The summed E-state index contributed by atoms with van der Waals surface area (Å²) in [6.07, 6.45) is 3.08. The lowest BCUT2D eigenvalue weighted by Crippen LogP contribution is -2.00. The third kappa shape index (κ3) is 3.65. The molecule has 0 saturated carbocycles. The summed E-state index contributed by atoms with van der Waals surface area (Å²) in [6, 6.07) is 13.6. The van der Waals surface area contributed by atoms with Crippen molar-refractivity contribution < 1.29 is 9.66 Å². The summed E-state index contributed by atoms with van der Waals surface area (Å²) in [6.45, 7) is 1.84. The van der Waals surface area contributed by atoms with Crippen molar-refractivity contribution in [2.75, 3.05) is 12.5 Å². The highest BCUT2D eigenvalue weighted by Gasteiger charge is 2.15. The number of methoxy groups -OCH3 is 1. The quantitative estimate of drug-likeness (QED) is 0.297. The summed E-state index contributed by atoms with van der Waals surface area (Å²) in [5, 5.41) is 20.4. The average Bonchev–Trinajstić information content (AvgIpc) is 3.12. The van der Waals surface area contributed by atoms with E-state index in [1.807, 2.05) is 31.2 Å². The van der Waals surface area contributed by atoms with Crippen LogP contribution in [-0.4, -0.2) is 38.0 Å². The number of nitro groups is 1. The van der Waals surface area contributed by atoms with Gasteiger partial charge in [0.05, 0.1) is 35.0 Å². The van der Waals surface area contributed by atoms with Crippen molar-refractivity contribution in [2.24, 2.45) is 5.10 Å². The summed E-state index contributed by atoms with van der Waals surface area (Å²) in [5.74, 6) is 1.28. The monoisotopic (exact) mass is 403 g/mol. The number of ether oxygens (including phenoxy) is 1. The van der Waals surface area contributed by atoms with E-state index < -0.39 is 4.92 Å². The van der Waals surface area contributed by atoms with Crippen LogP contribution in [0, 0.1) is 17.0 Å². The SMILES string of the molecule is COc1ccc(/C=N/Nc2ncnc3c2c(C)nn3-c2ccc([N+](=O)[O-])cc2)cc1. The largest absolute Gasteiger partial charge is 0.497 e. The summed E-state index contributed by atoms with van der Waals surface area (Å²) in [5.41, 5.74) is 5.77. The topological polar surface area (TPSA) is 120 Å². The molecule has 0 radical (unpaired) electrons. The van der Waals surface area contributed by atoms with Gasteiger partial charge in [-0.15, -0.1) is 0 Å². The lowest BCUT2D eigenvalue weighted by atomic mass is 10.2. The van der Waals surface area contributed by atoms with E-state index in [1.54, 1.807) is 30.1 Å². The van der Waals surface area contributed by atoms with Crippen molar-refractivity contribution in [2.45, 2.75) is 6.92 Å². The van der Waals surface area contributed by atoms with Gasteiger partial charge in [-0.25, -0.2) is 14.6 Å². The number of nitrogens with one attached hydrogen (secondary N) is 1. The second kappa shape index (κ2) is 7.95. The molecule has 150 valence electrons. The summed E-state index contributed by atoms with van der Waals surface area (Å²) < 4.78 is 6.76. The number of hydrazone groups is 1. The number of rotatable bonds is 6. The molecule has 0 atom stereocenters. The lowest BCUT2D eigenvalue weighted by Gasteiger charge is -2.04. The number of non-ortho nitro benzene ring substituents is 1. The molecular weight excluding hydrogens is 386 g/mol. The smallest absolute Gasteiger partial charge is 0.269 e. The first-order chi connectivity index (χ1) is 14.6. The third-order valence-corrected chi connectivity index (χ3v) is 4.44. The van der Waals surface area contributed by atoms with Gasteiger partial charge >= 0.3 is 0 Å². The van der Waals surface area contributed by atoms with E-state index in [9.17, 15) is 10.1 Å². The van der Waals surface area contributed by atoms with Crippen LogP contribution in [-0.2, 0) is 0 Å². The van der Waals surface area contributed by atoms with E-state index in [4.69, 9.17) is 4.74 Å². The Hall–Kier alpha value is -4.34. The molecule has 0 saturated heterocycles. The summed E-state index contributed by atoms with van der Waals surface area (Å²) in [7, 11) is 1.62. The highest BCUT2D eigenvalue weighted by Crippen LogP contribution is 2.26. The minimum atomic E-state index is -0.443. The van der Waals surface area contributed by atoms with Gasteiger partial charge in [0.25, 0.3) is 5.69 Å². The van der Waals surface area contributed by atoms with Gasteiger partial charge in [0.2, 0.25) is 0 Å². The summed E-state index contributed by atoms with van der Waals surface area (Å²) in [4.78, 5) is 19.0. The number of nitro benzene ring substituents is 1. The number of aromatic nitrogens is 4. The van der Waals surface area contributed by atoms with Gasteiger partial charge in [0.1, 0.15) is 12.1 Å². The molecule has 0 aliphatic heterocycles. The molecule has 10 heteroatoms. The van der Waals surface area contributed by atoms with Crippen molar-refractivity contribution in [1.82, 2.24) is 19.7 Å². The Labute approximate surface area is 171 Å². The number of fused-ring (bicyclic) bond motifs is 1. The fourth-order valence-corrected chi connectivity index (χ4v) is 2.96. The van der Waals surface area contributed by atoms with Gasteiger partial charge in [0.15, 0.2) is 11.5 Å². The van der Waals surface area contributed by atoms with Crippen LogP contribution in [0.3, 0.4) is 0 Å². The molecule has 0 amide bonds. The molecule has 0 aliphatic rings. The Balaban J connectivity index is 1.63. The van der Waals surface area contributed by atoms with E-state index in [0.717, 1.165) is 11.3 Å². The molecule has 2 aromatic heterocycles. The number of nitrogens with zero attached hydrogens (tertiary/aromatic N) is 6. The zero-order chi connectivity index (χ0) is 21.1. The second-order valence-corrected chi connectivity index (χ2v) is 6.33. The Bertz CT molecular complexity index is 1230. The lowest BCUT2D eigenvalue weighted by molar-refractivity contribution is -0.384. The predicted molar refractivity (Wildman–Crippen MR) is 112 cm³/mol. The fourth-order valence-electron chi connectivity index (χ4n) is 2.96. The molecule has 0 fully saturated rings. The maximum absolute atomic E-state index is 10.9. The second-order valence-electron chi connectivity index (χ2n) is 6.33. The van der Waals surface area contributed by atoms with Crippen LogP contribution in [0.5, 0.6) is 5.75 Å². The molecule has 0 bridgehead atoms. The Kier molecular flexibility index (Phi) is 5.04. The highest BCUT2D eigenvalue weighted by molar-refractivity contribution is 5.90. The van der Waals surface area contributed by atoms with Gasteiger partial charge in [-0.05, 0) is 48.9 Å². The highest BCUT2D eigenvalue weighted by atomic mass is 16.6. The molecule has 2 aromatic carbocycles. The fraction of sp³-hybridized carbons (Fsp3) is 0.100. The van der Waals surface area contributed by atoms with Gasteiger partial charge in [0, 0.05) is 12.1 Å². The Morgan fingerprint density at radius 2 is 1.87 bits per heavy atom. The van der Waals surface area contributed by atoms with E-state index >= 15 is 0 Å². The Morgan fingerprint density at radius 1 is 1.13 bits per heavy atom. The third-order valence-electron chi connectivity index (χ3n) is 4.44. The summed E-state index contributed by atoms with van der Waals surface area (Å²) >= 11 is 0. The molecule has 10 nitrogen and oxygen atoms in total. The first kappa shape index (κ1) is 19.0. The number of aryl methyl sites for hydroxylation is 1. The average molecular weight is 403 g/mol. The first-order valence-corrected chi connectivity index (χ1v) is 8.95. The van der Waals surface area contributed by atoms with Gasteiger partial charge < -0.3 is 4.74 Å². The first-order valence-electron chi connectivity index (χ1n) is 8.95. The van der Waals surface area contributed by atoms with Gasteiger partial charge in [-0.1, -0.05) is 0 Å². The molecule has 0 spiro atoms. The van der Waals surface area contributed by atoms with Crippen LogP contribution < -0.4 is 10.2 Å². The van der Waals surface area contributed by atoms with Crippen molar-refractivity contribution in [1.29, 1.82) is 0 Å². The molecule has 0 aliphatic carbocycles. The van der Waals surface area contributed by atoms with Crippen LogP contribution in [0.2, 0.25) is 0 Å². The van der Waals surface area contributed by atoms with Crippen molar-refractivity contribution in [3.05, 3.63) is 76.2 Å². The maximum Gasteiger partial charge on any atom is 0.269 e. The molecular formula is C20H17N7O3. The number of hydrogen-bond acceptors (Lipinski definition) is 8. The standard InChI is InChI=1S/C20H17N7O3/c1-13-18-19(24-23-11-14-3-9-17(30-2)10-4-14)21-12-22-20(18)26(25-13)15-5-7-16(8-6-15)27(28)29/h3-12H,1-2H3,(H,21,22,24)/b23-11+. The molecule has 1 N–H and O–H groups in total. The van der Waals surface area contributed by atoms with Crippen molar-refractivity contribution in [3.8, 4) is 11.4 Å². The number of benzene rings is 2. The molecule has 4 aromatic rings. The minimum absolute atomic E-state index is 0.0109. The van der Waals surface area contributed by atoms with E-state index in [0.29, 0.717) is 28.2 Å². The van der Waals surface area contributed by atoms with Gasteiger partial charge in [-0.3, -0.25) is 15.5 Å². The van der Waals surface area contributed by atoms with Gasteiger partial charge in [-0.2, -0.15) is 10.2 Å². The predicted octanol–water partition coefficient (Wildman–Crippen LogP) is 3.49. The molecule has 4 rings (SSSR count). The van der Waals surface area contributed by atoms with Crippen LogP contribution in [0.1, 0.15) is 11.3 Å². The Morgan fingerprint density at radius 3 is 2.53 bits per heavy atom. The van der Waals surface area contributed by atoms with Crippen LogP contribution in [0.4, 0.5) is 11.5 Å². The van der Waals surface area contributed by atoms with Crippen molar-refractivity contribution >= 4 is 28.8 Å². The van der Waals surface area contributed by atoms with Crippen LogP contribution in [0.15, 0.2) is 60.0 Å². The minimum Gasteiger partial charge on any atom is -0.497 e. The van der Waals surface area contributed by atoms with E-state index in [-0.39, 0.29) is 5.69 Å². The zero-order valence-corrected chi connectivity index (χ0v) is 16.2. The van der Waals surface area contributed by atoms with Crippen LogP contribution >= 0.6 is 0 Å². The molecule has 30 heavy (non-hydrogen) atoms. The van der Waals surface area contributed by atoms with Crippen molar-refractivity contribution in [3.63, 3.8) is 0 Å². The number of hydrogen-bond donors (Lipinski definition) is 1. The molecule has 0 unspecified atom stereocenters. The number of anilines is 1. The van der Waals surface area contributed by atoms with E-state index in [1.165, 1.54) is 18.5 Å². The normalized spacial score (nSPS) is 11.1.